The van der Waals surface area contributed by atoms with Crippen molar-refractivity contribution >= 4 is 11.8 Å². The Morgan fingerprint density at radius 2 is 1.85 bits per heavy atom. The van der Waals surface area contributed by atoms with Gasteiger partial charge in [-0.05, 0) is 48.4 Å². The molecule has 2 rings (SSSR count). The lowest BCUT2D eigenvalue weighted by Gasteiger charge is -2.33. The molecule has 1 heterocycles. The van der Waals surface area contributed by atoms with Crippen molar-refractivity contribution in [3.05, 3.63) is 48.3 Å². The smallest absolute Gasteiger partial charge is 0.245 e. The van der Waals surface area contributed by atoms with Gasteiger partial charge in [-0.3, -0.25) is 9.59 Å². The van der Waals surface area contributed by atoms with Crippen LogP contribution >= 0.6 is 0 Å². The highest BCUT2D eigenvalue weighted by Crippen LogP contribution is 2.30. The van der Waals surface area contributed by atoms with Gasteiger partial charge in [-0.1, -0.05) is 39.5 Å². The second kappa shape index (κ2) is 8.47. The molecule has 1 saturated heterocycles. The van der Waals surface area contributed by atoms with E-state index in [0.717, 1.165) is 12.0 Å². The summed E-state index contributed by atoms with van der Waals surface area (Å²) in [4.78, 5) is 26.2. The SMILES string of the molecule is C=CC(=O)N1CCC(C(=O)NC(CC(C)(C)C)c2ccc(F)cc2)CC1. The molecule has 1 aliphatic rings. The third-order valence-corrected chi connectivity index (χ3v) is 4.76. The number of hydrogen-bond acceptors (Lipinski definition) is 2. The Hall–Kier alpha value is -2.17. The third-order valence-electron chi connectivity index (χ3n) is 4.76. The first kappa shape index (κ1) is 20.1. The molecule has 1 unspecified atom stereocenters. The zero-order valence-corrected chi connectivity index (χ0v) is 15.9. The van der Waals surface area contributed by atoms with Crippen molar-refractivity contribution in [2.75, 3.05) is 13.1 Å². The molecule has 1 aromatic rings. The van der Waals surface area contributed by atoms with E-state index in [1.807, 2.05) is 0 Å². The van der Waals surface area contributed by atoms with Crippen LogP contribution in [0.2, 0.25) is 0 Å². The van der Waals surface area contributed by atoms with Gasteiger partial charge in [-0.15, -0.1) is 0 Å². The van der Waals surface area contributed by atoms with Gasteiger partial charge in [0.25, 0.3) is 0 Å². The van der Waals surface area contributed by atoms with Crippen molar-refractivity contribution in [2.45, 2.75) is 46.1 Å². The minimum absolute atomic E-state index is 0.00859. The first-order chi connectivity index (χ1) is 12.2. The predicted molar refractivity (Wildman–Crippen MR) is 101 cm³/mol. The standard InChI is InChI=1S/C21H29FN2O2/c1-5-19(25)24-12-10-16(11-13-24)20(26)23-18(14-21(2,3)4)15-6-8-17(22)9-7-15/h5-9,16,18H,1,10-14H2,2-4H3,(H,23,26). The molecule has 1 aromatic carbocycles. The molecule has 0 radical (unpaired) electrons. The Morgan fingerprint density at radius 3 is 2.35 bits per heavy atom. The fourth-order valence-electron chi connectivity index (χ4n) is 3.34. The van der Waals surface area contributed by atoms with Crippen molar-refractivity contribution in [2.24, 2.45) is 11.3 Å². The number of carbonyl (C=O) groups is 2. The Labute approximate surface area is 155 Å². The average Bonchev–Trinajstić information content (AvgIpc) is 2.60. The first-order valence-corrected chi connectivity index (χ1v) is 9.17. The van der Waals surface area contributed by atoms with E-state index in [-0.39, 0.29) is 35.0 Å². The molecule has 4 nitrogen and oxygen atoms in total. The summed E-state index contributed by atoms with van der Waals surface area (Å²) in [6, 6.07) is 6.16. The second-order valence-electron chi connectivity index (χ2n) is 8.18. The Kier molecular flexibility index (Phi) is 6.57. The Balaban J connectivity index is 2.03. The molecule has 0 spiro atoms. The minimum atomic E-state index is -0.283. The van der Waals surface area contributed by atoms with Gasteiger partial charge in [0.05, 0.1) is 6.04 Å². The number of likely N-dealkylation sites (tertiary alicyclic amines) is 1. The largest absolute Gasteiger partial charge is 0.349 e. The molecule has 0 aromatic heterocycles. The van der Waals surface area contributed by atoms with E-state index in [1.165, 1.54) is 18.2 Å². The third kappa shape index (κ3) is 5.68. The average molecular weight is 360 g/mol. The number of rotatable bonds is 5. The van der Waals surface area contributed by atoms with E-state index >= 15 is 0 Å². The Bertz CT molecular complexity index is 641. The van der Waals surface area contributed by atoms with Gasteiger partial charge in [0.2, 0.25) is 11.8 Å². The van der Waals surface area contributed by atoms with E-state index in [4.69, 9.17) is 0 Å². The molecule has 1 fully saturated rings. The lowest BCUT2D eigenvalue weighted by molar-refractivity contribution is -0.132. The molecule has 0 aliphatic carbocycles. The number of nitrogens with zero attached hydrogens (tertiary/aromatic N) is 1. The summed E-state index contributed by atoms with van der Waals surface area (Å²) in [7, 11) is 0. The summed E-state index contributed by atoms with van der Waals surface area (Å²) in [5.41, 5.74) is 0.931. The van der Waals surface area contributed by atoms with Crippen LogP contribution in [0.15, 0.2) is 36.9 Å². The molecule has 1 aliphatic heterocycles. The normalized spacial score (nSPS) is 16.8. The predicted octanol–water partition coefficient (Wildman–Crippen LogP) is 3.84. The summed E-state index contributed by atoms with van der Waals surface area (Å²) >= 11 is 0. The monoisotopic (exact) mass is 360 g/mol. The van der Waals surface area contributed by atoms with Crippen molar-refractivity contribution in [3.63, 3.8) is 0 Å². The van der Waals surface area contributed by atoms with Gasteiger partial charge in [0.1, 0.15) is 5.82 Å². The van der Waals surface area contributed by atoms with E-state index in [2.05, 4.69) is 32.7 Å². The fourth-order valence-corrected chi connectivity index (χ4v) is 3.34. The molecule has 1 N–H and O–H groups in total. The molecule has 142 valence electrons. The van der Waals surface area contributed by atoms with Crippen LogP contribution in [-0.4, -0.2) is 29.8 Å². The highest BCUT2D eigenvalue weighted by atomic mass is 19.1. The minimum Gasteiger partial charge on any atom is -0.349 e. The number of piperidine rings is 1. The van der Waals surface area contributed by atoms with Crippen LogP contribution in [0.4, 0.5) is 4.39 Å². The zero-order chi connectivity index (χ0) is 19.3. The molecule has 26 heavy (non-hydrogen) atoms. The van der Waals surface area contributed by atoms with Gasteiger partial charge >= 0.3 is 0 Å². The lowest BCUT2D eigenvalue weighted by atomic mass is 9.85. The lowest BCUT2D eigenvalue weighted by Crippen LogP contribution is -2.43. The van der Waals surface area contributed by atoms with E-state index in [1.54, 1.807) is 17.0 Å². The summed E-state index contributed by atoms with van der Waals surface area (Å²) in [6.07, 6.45) is 3.38. The molecule has 0 saturated carbocycles. The topological polar surface area (TPSA) is 49.4 Å². The Morgan fingerprint density at radius 1 is 1.27 bits per heavy atom. The molecule has 0 bridgehead atoms. The first-order valence-electron chi connectivity index (χ1n) is 9.17. The van der Waals surface area contributed by atoms with Gasteiger partial charge in [-0.25, -0.2) is 4.39 Å². The van der Waals surface area contributed by atoms with E-state index in [0.29, 0.717) is 25.9 Å². The van der Waals surface area contributed by atoms with Crippen LogP contribution in [0, 0.1) is 17.2 Å². The van der Waals surface area contributed by atoms with Crippen LogP contribution in [0.3, 0.4) is 0 Å². The molecule has 1 atom stereocenters. The number of nitrogens with one attached hydrogen (secondary N) is 1. The van der Waals surface area contributed by atoms with Crippen molar-refractivity contribution in [1.82, 2.24) is 10.2 Å². The quantitative estimate of drug-likeness (QED) is 0.811. The number of amides is 2. The van der Waals surface area contributed by atoms with Gasteiger partial charge < -0.3 is 10.2 Å². The summed E-state index contributed by atoms with van der Waals surface area (Å²) in [5, 5.41) is 3.15. The van der Waals surface area contributed by atoms with Gasteiger partial charge in [0.15, 0.2) is 0 Å². The second-order valence-corrected chi connectivity index (χ2v) is 8.18. The number of halogens is 1. The van der Waals surface area contributed by atoms with Crippen LogP contribution in [-0.2, 0) is 9.59 Å². The van der Waals surface area contributed by atoms with Crippen molar-refractivity contribution < 1.29 is 14.0 Å². The van der Waals surface area contributed by atoms with Crippen LogP contribution in [0.5, 0.6) is 0 Å². The van der Waals surface area contributed by atoms with E-state index in [9.17, 15) is 14.0 Å². The van der Waals surface area contributed by atoms with E-state index < -0.39 is 0 Å². The molecule has 2 amide bonds. The van der Waals surface area contributed by atoms with Gasteiger partial charge in [0, 0.05) is 19.0 Å². The zero-order valence-electron chi connectivity index (χ0n) is 15.9. The molecular formula is C21H29FN2O2. The van der Waals surface area contributed by atoms with Crippen molar-refractivity contribution in [3.8, 4) is 0 Å². The fraction of sp³-hybridized carbons (Fsp3) is 0.524. The maximum absolute atomic E-state index is 13.2. The maximum Gasteiger partial charge on any atom is 0.245 e. The number of carbonyl (C=O) groups excluding carboxylic acids is 2. The van der Waals surface area contributed by atoms with Crippen LogP contribution < -0.4 is 5.32 Å². The highest BCUT2D eigenvalue weighted by Gasteiger charge is 2.29. The molecule has 5 heteroatoms. The van der Waals surface area contributed by atoms with Crippen LogP contribution in [0.1, 0.15) is 51.6 Å². The summed E-state index contributed by atoms with van der Waals surface area (Å²) in [5.74, 6) is -0.462. The summed E-state index contributed by atoms with van der Waals surface area (Å²) in [6.45, 7) is 11.0. The molecular weight excluding hydrogens is 331 g/mol. The van der Waals surface area contributed by atoms with Crippen LogP contribution in [0.25, 0.3) is 0 Å². The number of hydrogen-bond donors (Lipinski definition) is 1. The summed E-state index contributed by atoms with van der Waals surface area (Å²) < 4.78 is 13.2. The van der Waals surface area contributed by atoms with Gasteiger partial charge in [-0.2, -0.15) is 0 Å². The van der Waals surface area contributed by atoms with Crippen molar-refractivity contribution in [1.29, 1.82) is 0 Å². The number of benzene rings is 1. The maximum atomic E-state index is 13.2. The highest BCUT2D eigenvalue weighted by molar-refractivity contribution is 5.87.